The summed E-state index contributed by atoms with van der Waals surface area (Å²) in [7, 11) is 0. The van der Waals surface area contributed by atoms with Crippen LogP contribution in [0.3, 0.4) is 0 Å². The first-order valence-corrected chi connectivity index (χ1v) is 14.1. The molecule has 2 unspecified atom stereocenters. The summed E-state index contributed by atoms with van der Waals surface area (Å²) in [5, 5.41) is 20.1. The van der Waals surface area contributed by atoms with Crippen LogP contribution in [0.5, 0.6) is 0 Å². The molecule has 0 spiro atoms. The Balaban J connectivity index is 0.000000827. The summed E-state index contributed by atoms with van der Waals surface area (Å²) in [4.78, 5) is 44.9. The number of pyridine rings is 2. The molecule has 0 aromatic carbocycles. The second kappa shape index (κ2) is 15.4. The Kier molecular flexibility index (Phi) is 13.6. The van der Waals surface area contributed by atoms with Crippen molar-refractivity contribution in [2.45, 2.75) is 92.5 Å². The molecule has 45 heavy (non-hydrogen) atoms. The van der Waals surface area contributed by atoms with E-state index in [4.69, 9.17) is 9.47 Å². The molecule has 0 saturated heterocycles. The van der Waals surface area contributed by atoms with E-state index in [2.05, 4.69) is 9.97 Å². The van der Waals surface area contributed by atoms with Gasteiger partial charge >= 0.3 is 47.5 Å². The molecule has 0 amide bonds. The van der Waals surface area contributed by atoms with E-state index >= 15 is 0 Å². The summed E-state index contributed by atoms with van der Waals surface area (Å²) in [6, 6.07) is 6.14. The first-order valence-electron chi connectivity index (χ1n) is 14.1. The average molecular weight is 630 g/mol. The van der Waals surface area contributed by atoms with Crippen LogP contribution in [0.25, 0.3) is 22.1 Å². The van der Waals surface area contributed by atoms with Crippen LogP contribution in [0.4, 0.5) is 0 Å². The Bertz CT molecular complexity index is 1670. The van der Waals surface area contributed by atoms with Crippen molar-refractivity contribution in [2.75, 3.05) is 6.61 Å². The number of nitrogens with zero attached hydrogens (tertiary/aromatic N) is 4. The van der Waals surface area contributed by atoms with E-state index in [1.54, 1.807) is 69.8 Å². The predicted octanol–water partition coefficient (Wildman–Crippen LogP) is 2.53. The first kappa shape index (κ1) is 39.8. The van der Waals surface area contributed by atoms with Crippen molar-refractivity contribution in [1.29, 1.82) is 0 Å². The molecule has 0 fully saturated rings. The number of carbonyl (C=O) groups excluding carboxylic acids is 2. The third kappa shape index (κ3) is 8.97. The molecule has 2 N–H and O–H groups in total. The number of carboxylic acid groups (broad SMARTS) is 1. The van der Waals surface area contributed by atoms with Crippen molar-refractivity contribution in [3.8, 4) is 0 Å². The summed E-state index contributed by atoms with van der Waals surface area (Å²) in [5.41, 5.74) is 2.17. The van der Waals surface area contributed by atoms with Gasteiger partial charge in [0, 0.05) is 43.0 Å². The number of hydrogen-bond acceptors (Lipinski definition) is 8. The predicted molar refractivity (Wildman–Crippen MR) is 170 cm³/mol. The maximum absolute atomic E-state index is 12.5. The van der Waals surface area contributed by atoms with Gasteiger partial charge in [-0.3, -0.25) is 0 Å². The molecule has 0 aliphatic rings. The monoisotopic (exact) mass is 629 g/mol. The molecule has 4 heterocycles. The standard InChI is InChI=1S/C16H20N2O4.C16H22N2O3.B.Na.H/c1-9-12(15(21)22-16(3,4)5)11-7-6-8-17-13(11)18(9)10(2)14(19)20;1-10(9-19)18-11(2)13(15(20)21-16(3,4)5)12-7-6-8-17-14(12)18;;;/h6-8,10H,1-5H3,(H,19,20);6-8,10,19H,9H2,1-5H3;;;/q;;;+1;-1. The van der Waals surface area contributed by atoms with Crippen LogP contribution in [0.15, 0.2) is 36.7 Å². The fourth-order valence-corrected chi connectivity index (χ4v) is 4.90. The molecule has 4 aromatic heterocycles. The number of fused-ring (bicyclic) bond motifs is 2. The molecule has 4 rings (SSSR count). The number of aromatic nitrogens is 4. The van der Waals surface area contributed by atoms with Crippen molar-refractivity contribution in [1.82, 2.24) is 19.1 Å². The molecule has 4 aromatic rings. The number of carboxylic acids is 1. The smallest absolute Gasteiger partial charge is 1.00 e. The van der Waals surface area contributed by atoms with Gasteiger partial charge in [0.15, 0.2) is 0 Å². The number of carbonyl (C=O) groups is 3. The quantitative estimate of drug-likeness (QED) is 0.243. The fourth-order valence-electron chi connectivity index (χ4n) is 4.90. The van der Waals surface area contributed by atoms with Crippen LogP contribution < -0.4 is 29.6 Å². The first-order chi connectivity index (χ1) is 19.9. The van der Waals surface area contributed by atoms with Gasteiger partial charge in [0.1, 0.15) is 28.5 Å². The van der Waals surface area contributed by atoms with Crippen LogP contribution in [-0.2, 0) is 14.3 Å². The minimum atomic E-state index is -0.985. The maximum atomic E-state index is 12.5. The summed E-state index contributed by atoms with van der Waals surface area (Å²) < 4.78 is 14.4. The molecule has 0 aliphatic heterocycles. The van der Waals surface area contributed by atoms with Crippen LogP contribution in [0.2, 0.25) is 0 Å². The second-order valence-electron chi connectivity index (χ2n) is 12.5. The number of hydrogen-bond donors (Lipinski definition) is 2. The van der Waals surface area contributed by atoms with E-state index in [0.717, 1.165) is 11.1 Å². The van der Waals surface area contributed by atoms with E-state index in [1.807, 2.05) is 45.3 Å². The van der Waals surface area contributed by atoms with Crippen molar-refractivity contribution < 1.29 is 65.1 Å². The maximum Gasteiger partial charge on any atom is 1.00 e. The van der Waals surface area contributed by atoms with Crippen LogP contribution >= 0.6 is 0 Å². The van der Waals surface area contributed by atoms with Gasteiger partial charge in [0.25, 0.3) is 0 Å². The normalized spacial score (nSPS) is 12.7. The summed E-state index contributed by atoms with van der Waals surface area (Å²) in [5.74, 6) is -1.82. The Morgan fingerprint density at radius 1 is 0.822 bits per heavy atom. The molecule has 11 nitrogen and oxygen atoms in total. The van der Waals surface area contributed by atoms with Crippen molar-refractivity contribution in [2.24, 2.45) is 0 Å². The molecular weight excluding hydrogens is 586 g/mol. The minimum Gasteiger partial charge on any atom is -1.00 e. The van der Waals surface area contributed by atoms with Crippen LogP contribution in [-0.4, -0.2) is 73.4 Å². The number of aliphatic hydroxyl groups excluding tert-OH is 1. The van der Waals surface area contributed by atoms with Crippen molar-refractivity contribution >= 4 is 48.4 Å². The van der Waals surface area contributed by atoms with E-state index < -0.39 is 29.2 Å². The van der Waals surface area contributed by atoms with Gasteiger partial charge in [-0.1, -0.05) is 0 Å². The largest absolute Gasteiger partial charge is 1.00 e. The molecule has 0 saturated carbocycles. The third-order valence-electron chi connectivity index (χ3n) is 6.67. The van der Waals surface area contributed by atoms with Crippen LogP contribution in [0.1, 0.15) is 101 Å². The molecular formula is C32H43BN4NaO7. The Hall–Kier alpha value is -3.19. The van der Waals surface area contributed by atoms with Crippen molar-refractivity contribution in [3.63, 3.8) is 0 Å². The van der Waals surface area contributed by atoms with Gasteiger partial charge in [-0.25, -0.2) is 24.4 Å². The van der Waals surface area contributed by atoms with E-state index in [-0.39, 0.29) is 58.0 Å². The van der Waals surface area contributed by atoms with Gasteiger partial charge in [0.05, 0.1) is 23.8 Å². The number of aliphatic carboxylic acids is 1. The molecule has 237 valence electrons. The van der Waals surface area contributed by atoms with Gasteiger partial charge < -0.3 is 30.2 Å². The summed E-state index contributed by atoms with van der Waals surface area (Å²) in [6.45, 7) is 17.9. The fraction of sp³-hybridized carbons (Fsp3) is 0.469. The zero-order chi connectivity index (χ0) is 32.4. The van der Waals surface area contributed by atoms with Gasteiger partial charge in [-0.05, 0) is 93.5 Å². The summed E-state index contributed by atoms with van der Waals surface area (Å²) >= 11 is 0. The van der Waals surface area contributed by atoms with Crippen molar-refractivity contribution in [3.05, 3.63) is 59.2 Å². The number of ether oxygens (including phenoxy) is 2. The number of esters is 2. The topological polar surface area (TPSA) is 146 Å². The Labute approximate surface area is 289 Å². The van der Waals surface area contributed by atoms with Gasteiger partial charge in [-0.15, -0.1) is 0 Å². The SMILES string of the molecule is Cc1c(C(=O)OC(C)(C)C)c2cccnc2n1C(C)C(=O)O.Cc1c(C(=O)OC(C)(C)C)c2cccnc2n1C(C)CO.[B].[H-].[Na+]. The van der Waals surface area contributed by atoms with E-state index in [1.165, 1.54) is 0 Å². The number of aliphatic hydroxyl groups is 1. The molecule has 3 radical (unpaired) electrons. The third-order valence-corrected chi connectivity index (χ3v) is 6.67. The average Bonchev–Trinajstić information content (AvgIpc) is 3.36. The second-order valence-corrected chi connectivity index (χ2v) is 12.5. The minimum absolute atomic E-state index is 0. The molecule has 0 bridgehead atoms. The van der Waals surface area contributed by atoms with E-state index in [9.17, 15) is 24.6 Å². The Morgan fingerprint density at radius 2 is 1.20 bits per heavy atom. The summed E-state index contributed by atoms with van der Waals surface area (Å²) in [6.07, 6.45) is 3.26. The molecule has 0 aliphatic carbocycles. The zero-order valence-electron chi connectivity index (χ0n) is 29.1. The van der Waals surface area contributed by atoms with E-state index in [0.29, 0.717) is 33.5 Å². The molecule has 2 atom stereocenters. The van der Waals surface area contributed by atoms with Gasteiger partial charge in [0.2, 0.25) is 0 Å². The van der Waals surface area contributed by atoms with Gasteiger partial charge in [-0.2, -0.15) is 0 Å². The number of rotatable bonds is 6. The zero-order valence-corrected chi connectivity index (χ0v) is 30.1. The molecule has 13 heteroatoms. The van der Waals surface area contributed by atoms with Crippen LogP contribution in [0, 0.1) is 13.8 Å². The Morgan fingerprint density at radius 3 is 1.56 bits per heavy atom.